The lowest BCUT2D eigenvalue weighted by molar-refractivity contribution is -0.135. The number of alkyl halides is 2. The van der Waals surface area contributed by atoms with Gasteiger partial charge in [-0.05, 0) is 61.2 Å². The van der Waals surface area contributed by atoms with Crippen LogP contribution in [0.4, 0.5) is 24.7 Å². The number of nitriles is 1. The molecule has 1 atom stereocenters. The van der Waals surface area contributed by atoms with Crippen molar-refractivity contribution >= 4 is 30.1 Å². The minimum atomic E-state index is -2.80. The lowest BCUT2D eigenvalue weighted by Crippen LogP contribution is -2.60. The first-order chi connectivity index (χ1) is 21.6. The molecule has 1 unspecified atom stereocenters. The van der Waals surface area contributed by atoms with Gasteiger partial charge in [-0.15, -0.1) is 0 Å². The van der Waals surface area contributed by atoms with Crippen molar-refractivity contribution in [3.63, 3.8) is 0 Å². The van der Waals surface area contributed by atoms with E-state index in [4.69, 9.17) is 10.00 Å². The van der Waals surface area contributed by atoms with E-state index in [1.54, 1.807) is 36.5 Å². The van der Waals surface area contributed by atoms with Gasteiger partial charge in [0.2, 0.25) is 6.41 Å². The Morgan fingerprint density at radius 3 is 2.58 bits per heavy atom. The molecule has 1 fully saturated rings. The fourth-order valence-corrected chi connectivity index (χ4v) is 5.73. The van der Waals surface area contributed by atoms with E-state index >= 15 is 0 Å². The predicted octanol–water partition coefficient (Wildman–Crippen LogP) is 4.92. The summed E-state index contributed by atoms with van der Waals surface area (Å²) in [4.78, 5) is 43.2. The maximum absolute atomic E-state index is 13.9. The Morgan fingerprint density at radius 2 is 1.93 bits per heavy atom. The van der Waals surface area contributed by atoms with E-state index in [-0.39, 0.29) is 12.1 Å². The minimum Gasteiger partial charge on any atom is -0.496 e. The number of carbonyl (C=O) groups excluding carboxylic acids is 3. The lowest BCUT2D eigenvalue weighted by Gasteiger charge is -2.42. The van der Waals surface area contributed by atoms with Crippen LogP contribution < -0.4 is 19.9 Å². The Labute approximate surface area is 259 Å². The Hall–Kier alpha value is -4.92. The molecule has 45 heavy (non-hydrogen) atoms. The molecule has 236 valence electrons. The minimum absolute atomic E-state index is 0.203. The van der Waals surface area contributed by atoms with Crippen LogP contribution in [0.15, 0.2) is 60.8 Å². The standard InChI is InChI=1S/C22H21F3N2O3.C11H13N3O/c1-30-19-7-3-6-18-17(19)8-9-22(18,20(29)26-15-11-21(24,25)12-15)27(13-28)16-5-2-4-14(23)10-16;1-14(6-2-3-7-15)11-8-10(9-12)4-5-13-11/h2-7,10,13,15H,8-9,11-12H2,1H3,(H,26,29);4-5,7-8H,2-3,6H2,1H3. The molecule has 0 aliphatic heterocycles. The average molecular weight is 622 g/mol. The SMILES string of the molecule is CN(CCCC=O)c1cc(C#N)ccn1.COc1cccc2c1CCC2(C(=O)NC1CC(F)(F)C1)N(C=O)c1cccc(F)c1. The molecule has 0 radical (unpaired) electrons. The number of aldehydes is 1. The summed E-state index contributed by atoms with van der Waals surface area (Å²) in [7, 11) is 3.41. The van der Waals surface area contributed by atoms with Crippen LogP contribution in [0.25, 0.3) is 0 Å². The van der Waals surface area contributed by atoms with Gasteiger partial charge >= 0.3 is 0 Å². The number of amides is 2. The van der Waals surface area contributed by atoms with Gasteiger partial charge < -0.3 is 19.7 Å². The van der Waals surface area contributed by atoms with Crippen LogP contribution >= 0.6 is 0 Å². The number of hydrogen-bond donors (Lipinski definition) is 1. The van der Waals surface area contributed by atoms with Crippen molar-refractivity contribution in [2.24, 2.45) is 0 Å². The second-order valence-electron chi connectivity index (χ2n) is 11.0. The highest BCUT2D eigenvalue weighted by Crippen LogP contribution is 2.47. The van der Waals surface area contributed by atoms with Gasteiger partial charge in [0.25, 0.3) is 11.8 Å². The van der Waals surface area contributed by atoms with E-state index in [0.717, 1.165) is 30.6 Å². The Bertz CT molecular complexity index is 1570. The zero-order valence-electron chi connectivity index (χ0n) is 25.0. The molecule has 12 heteroatoms. The summed E-state index contributed by atoms with van der Waals surface area (Å²) in [5, 5.41) is 11.4. The van der Waals surface area contributed by atoms with Crippen molar-refractivity contribution in [3.05, 3.63) is 83.3 Å². The van der Waals surface area contributed by atoms with Gasteiger partial charge in [0, 0.05) is 56.3 Å². The third-order valence-electron chi connectivity index (χ3n) is 8.02. The van der Waals surface area contributed by atoms with Crippen molar-refractivity contribution < 1.29 is 32.3 Å². The summed E-state index contributed by atoms with van der Waals surface area (Å²) in [6.45, 7) is 0.765. The van der Waals surface area contributed by atoms with Gasteiger partial charge in [-0.2, -0.15) is 5.26 Å². The maximum atomic E-state index is 13.9. The molecule has 2 amide bonds. The van der Waals surface area contributed by atoms with Gasteiger partial charge in [-0.3, -0.25) is 14.5 Å². The molecule has 0 bridgehead atoms. The molecule has 3 aromatic rings. The maximum Gasteiger partial charge on any atom is 0.252 e. The largest absolute Gasteiger partial charge is 0.496 e. The topological polar surface area (TPSA) is 116 Å². The molecule has 1 aromatic heterocycles. The zero-order valence-corrected chi connectivity index (χ0v) is 25.0. The Morgan fingerprint density at radius 1 is 1.18 bits per heavy atom. The van der Waals surface area contributed by atoms with Crippen LogP contribution in [0.3, 0.4) is 0 Å². The number of hydrogen-bond acceptors (Lipinski definition) is 7. The number of fused-ring (bicyclic) bond motifs is 1. The second kappa shape index (κ2) is 14.2. The highest BCUT2D eigenvalue weighted by molar-refractivity contribution is 5.99. The third-order valence-corrected chi connectivity index (χ3v) is 8.02. The van der Waals surface area contributed by atoms with Crippen molar-refractivity contribution in [2.45, 2.75) is 56.0 Å². The van der Waals surface area contributed by atoms with Gasteiger partial charge in [-0.25, -0.2) is 18.2 Å². The van der Waals surface area contributed by atoms with Gasteiger partial charge in [0.1, 0.15) is 23.7 Å². The molecule has 2 aromatic carbocycles. The summed E-state index contributed by atoms with van der Waals surface area (Å²) < 4.78 is 45.9. The van der Waals surface area contributed by atoms with E-state index in [1.807, 2.05) is 11.9 Å². The molecular weight excluding hydrogens is 587 g/mol. The smallest absolute Gasteiger partial charge is 0.252 e. The van der Waals surface area contributed by atoms with Crippen molar-refractivity contribution in [1.82, 2.24) is 10.3 Å². The van der Waals surface area contributed by atoms with E-state index in [0.29, 0.717) is 36.1 Å². The molecule has 1 heterocycles. The second-order valence-corrected chi connectivity index (χ2v) is 11.0. The van der Waals surface area contributed by atoms with Crippen LogP contribution in [0, 0.1) is 17.1 Å². The Kier molecular flexibility index (Phi) is 10.4. The molecular formula is C33H34F3N5O4. The quantitative estimate of drug-likeness (QED) is 0.239. The molecule has 2 aliphatic carbocycles. The first-order valence-corrected chi connectivity index (χ1v) is 14.4. The summed E-state index contributed by atoms with van der Waals surface area (Å²) in [5.41, 5.74) is 0.612. The van der Waals surface area contributed by atoms with Gasteiger partial charge in [0.05, 0.1) is 18.7 Å². The number of rotatable bonds is 11. The summed E-state index contributed by atoms with van der Waals surface area (Å²) in [5.74, 6) is -2.58. The molecule has 0 spiro atoms. The number of anilines is 2. The molecule has 9 nitrogen and oxygen atoms in total. The van der Waals surface area contributed by atoms with E-state index in [2.05, 4.69) is 16.4 Å². The fraction of sp³-hybridized carbons (Fsp3) is 0.364. The first kappa shape index (κ1) is 33.0. The van der Waals surface area contributed by atoms with Crippen LogP contribution in [0.1, 0.15) is 48.8 Å². The third kappa shape index (κ3) is 7.25. The van der Waals surface area contributed by atoms with Crippen LogP contribution in [-0.4, -0.2) is 56.3 Å². The van der Waals surface area contributed by atoms with E-state index < -0.39 is 42.1 Å². The van der Waals surface area contributed by atoms with Crippen LogP contribution in [0.2, 0.25) is 0 Å². The van der Waals surface area contributed by atoms with Crippen molar-refractivity contribution in [1.29, 1.82) is 5.26 Å². The highest BCUT2D eigenvalue weighted by atomic mass is 19.3. The molecule has 5 rings (SSSR count). The highest BCUT2D eigenvalue weighted by Gasteiger charge is 2.54. The van der Waals surface area contributed by atoms with Gasteiger partial charge in [-0.1, -0.05) is 18.2 Å². The van der Waals surface area contributed by atoms with Gasteiger partial charge in [0.15, 0.2) is 5.54 Å². The normalized spacial score (nSPS) is 17.8. The number of benzene rings is 2. The number of nitrogens with zero attached hydrogens (tertiary/aromatic N) is 4. The first-order valence-electron chi connectivity index (χ1n) is 14.4. The van der Waals surface area contributed by atoms with Crippen LogP contribution in [0.5, 0.6) is 5.75 Å². The zero-order chi connectivity index (χ0) is 32.6. The van der Waals surface area contributed by atoms with E-state index in [1.165, 1.54) is 36.3 Å². The molecule has 0 saturated heterocycles. The molecule has 1 N–H and O–H groups in total. The summed E-state index contributed by atoms with van der Waals surface area (Å²) in [6.07, 6.45) is 4.14. The Balaban J connectivity index is 0.000000259. The summed E-state index contributed by atoms with van der Waals surface area (Å²) >= 11 is 0. The van der Waals surface area contributed by atoms with Crippen molar-refractivity contribution in [3.8, 4) is 11.8 Å². The lowest BCUT2D eigenvalue weighted by atomic mass is 9.84. The number of pyridine rings is 1. The number of ether oxygens (including phenoxy) is 1. The number of nitrogens with one attached hydrogen (secondary N) is 1. The fourth-order valence-electron chi connectivity index (χ4n) is 5.73. The molecule has 2 aliphatic rings. The summed E-state index contributed by atoms with van der Waals surface area (Å²) in [6, 6.07) is 15.4. The number of halogens is 3. The number of unbranched alkanes of at least 4 members (excludes halogenated alkanes) is 1. The van der Waals surface area contributed by atoms with Crippen LogP contribution in [-0.2, 0) is 26.3 Å². The average Bonchev–Trinajstić information content (AvgIpc) is 3.41. The monoisotopic (exact) mass is 621 g/mol. The molecule has 1 saturated carbocycles. The number of aromatic nitrogens is 1. The van der Waals surface area contributed by atoms with Crippen molar-refractivity contribution in [2.75, 3.05) is 30.5 Å². The number of carbonyl (C=O) groups is 3. The predicted molar refractivity (Wildman–Crippen MR) is 162 cm³/mol. The number of methoxy groups -OCH3 is 1. The van der Waals surface area contributed by atoms with E-state index in [9.17, 15) is 27.6 Å².